The molecule has 5 aromatic carbocycles. The number of hydrogen-bond donors (Lipinski definition) is 0. The van der Waals surface area contributed by atoms with Gasteiger partial charge in [-0.1, -0.05) is 73.5 Å². The molecule has 1 heterocycles. The molecular formula is C43H41F2O5Re-. The molecular weight excluding hydrogens is 821 g/mol. The minimum atomic E-state index is -3.28. The van der Waals surface area contributed by atoms with E-state index >= 15 is 8.78 Å². The topological polar surface area (TPSA) is 54.0 Å². The van der Waals surface area contributed by atoms with Gasteiger partial charge in [-0.15, -0.1) is 0 Å². The molecule has 1 radical (unpaired) electrons. The third kappa shape index (κ3) is 7.50. The van der Waals surface area contributed by atoms with Crippen LogP contribution in [0.4, 0.5) is 8.78 Å². The third-order valence-electron chi connectivity index (χ3n) is 10.9. The quantitative estimate of drug-likeness (QED) is 0.126. The van der Waals surface area contributed by atoms with Gasteiger partial charge in [0.25, 0.3) is 0 Å². The van der Waals surface area contributed by atoms with Gasteiger partial charge in [-0.05, 0) is 95.5 Å². The van der Waals surface area contributed by atoms with Crippen LogP contribution in [0.15, 0.2) is 97.1 Å². The standard InChI is InChI=1S/C43H41F2O5.Re/c44-43(45,33-20-14-29(15-21-33)28-8-2-1-3-9-28)50-34-22-16-32(17-23-34)42(46)49-35-26-47-38-24-18-30-10-4-6-12-36(30)40(38)41-37-13-7-5-11-31(37)19-25-39(41)48-27-35;/h1,4-7,10-13,16-19,22-25,28-29,33,35H,2-3,8-9,14-15,20-21,26-27H2;/q-1;. The normalized spacial score (nSPS) is 20.0. The molecule has 5 nitrogen and oxygen atoms in total. The summed E-state index contributed by atoms with van der Waals surface area (Å²) >= 11 is 0. The number of rotatable bonds is 6. The average molecular weight is 862 g/mol. The first-order valence-electron chi connectivity index (χ1n) is 17.9. The van der Waals surface area contributed by atoms with E-state index in [1.165, 1.54) is 37.1 Å². The fourth-order valence-corrected chi connectivity index (χ4v) is 8.21. The van der Waals surface area contributed by atoms with E-state index in [-0.39, 0.29) is 44.9 Å². The molecule has 2 aliphatic carbocycles. The zero-order valence-electron chi connectivity index (χ0n) is 28.4. The second-order valence-corrected chi connectivity index (χ2v) is 14.0. The smallest absolute Gasteiger partial charge is 0.400 e. The maximum Gasteiger partial charge on any atom is 0.400 e. The van der Waals surface area contributed by atoms with Gasteiger partial charge in [0, 0.05) is 31.5 Å². The van der Waals surface area contributed by atoms with Crippen LogP contribution in [0.5, 0.6) is 17.2 Å². The first-order chi connectivity index (χ1) is 24.4. The first kappa shape index (κ1) is 35.4. The van der Waals surface area contributed by atoms with Crippen molar-refractivity contribution in [2.24, 2.45) is 17.8 Å². The Morgan fingerprint density at radius 2 is 1.20 bits per heavy atom. The van der Waals surface area contributed by atoms with Crippen molar-refractivity contribution in [1.82, 2.24) is 0 Å². The van der Waals surface area contributed by atoms with E-state index < -0.39 is 24.1 Å². The van der Waals surface area contributed by atoms with Crippen LogP contribution < -0.4 is 14.2 Å². The van der Waals surface area contributed by atoms with Crippen LogP contribution >= 0.6 is 0 Å². The van der Waals surface area contributed by atoms with Crippen molar-refractivity contribution < 1.29 is 52.9 Å². The number of hydrogen-bond acceptors (Lipinski definition) is 5. The Hall–Kier alpha value is -3.99. The number of esters is 1. The van der Waals surface area contributed by atoms with E-state index in [0.717, 1.165) is 58.4 Å². The van der Waals surface area contributed by atoms with E-state index in [0.29, 0.717) is 36.2 Å². The Labute approximate surface area is 311 Å². The summed E-state index contributed by atoms with van der Waals surface area (Å²) in [5.41, 5.74) is 2.07. The largest absolute Gasteiger partial charge is 0.489 e. The zero-order chi connectivity index (χ0) is 34.1. The SMILES string of the molecule is O=C(OC1COc2ccc3ccccc3c2-c2c(ccc3ccccc23)OC1)c1ccc(OC(F)(F)C2CCC(C3CC[CH-]CC3)CC2)cc1.[Re]. The zero-order valence-corrected chi connectivity index (χ0v) is 31.1. The second-order valence-electron chi connectivity index (χ2n) is 14.0. The molecule has 3 aliphatic rings. The summed E-state index contributed by atoms with van der Waals surface area (Å²) < 4.78 is 54.5. The minimum Gasteiger partial charge on any atom is -0.489 e. The number of alkyl halides is 2. The van der Waals surface area contributed by atoms with Crippen molar-refractivity contribution in [1.29, 1.82) is 0 Å². The number of fused-ring (bicyclic) bond motifs is 7. The van der Waals surface area contributed by atoms with Crippen LogP contribution in [-0.4, -0.2) is 31.4 Å². The van der Waals surface area contributed by atoms with E-state index in [4.69, 9.17) is 18.9 Å². The third-order valence-corrected chi connectivity index (χ3v) is 10.9. The molecule has 2 saturated carbocycles. The van der Waals surface area contributed by atoms with Gasteiger partial charge in [0.15, 0.2) is 6.10 Å². The molecule has 1 aliphatic heterocycles. The van der Waals surface area contributed by atoms with Gasteiger partial charge in [-0.2, -0.15) is 21.6 Å². The summed E-state index contributed by atoms with van der Waals surface area (Å²) in [5, 5.41) is 4.20. The average Bonchev–Trinajstić information content (AvgIpc) is 3.23. The van der Waals surface area contributed by atoms with Crippen LogP contribution in [0, 0.1) is 24.2 Å². The Balaban J connectivity index is 0.00000406. The molecule has 5 aromatic rings. The van der Waals surface area contributed by atoms with Crippen molar-refractivity contribution in [2.45, 2.75) is 63.6 Å². The van der Waals surface area contributed by atoms with Gasteiger partial charge in [0.1, 0.15) is 30.5 Å². The summed E-state index contributed by atoms with van der Waals surface area (Å²) in [7, 11) is 0. The van der Waals surface area contributed by atoms with Crippen molar-refractivity contribution in [3.8, 4) is 28.4 Å². The van der Waals surface area contributed by atoms with E-state index in [2.05, 4.69) is 30.7 Å². The van der Waals surface area contributed by atoms with Crippen LogP contribution in [0.25, 0.3) is 32.7 Å². The monoisotopic (exact) mass is 862 g/mol. The summed E-state index contributed by atoms with van der Waals surface area (Å²) in [5.74, 6) is 1.15. The van der Waals surface area contributed by atoms with E-state index in [1.807, 2.05) is 48.5 Å². The van der Waals surface area contributed by atoms with E-state index in [9.17, 15) is 4.79 Å². The van der Waals surface area contributed by atoms with Crippen LogP contribution in [0.1, 0.15) is 61.7 Å². The van der Waals surface area contributed by atoms with Gasteiger partial charge in [-0.3, -0.25) is 0 Å². The van der Waals surface area contributed by atoms with Crippen molar-refractivity contribution >= 4 is 27.5 Å². The van der Waals surface area contributed by atoms with Crippen molar-refractivity contribution in [3.63, 3.8) is 0 Å². The fourth-order valence-electron chi connectivity index (χ4n) is 8.21. The summed E-state index contributed by atoms with van der Waals surface area (Å²) in [4.78, 5) is 13.3. The second kappa shape index (κ2) is 15.3. The van der Waals surface area contributed by atoms with E-state index in [1.54, 1.807) is 0 Å². The molecule has 0 saturated heterocycles. The van der Waals surface area contributed by atoms with Crippen molar-refractivity contribution in [2.75, 3.05) is 13.2 Å². The van der Waals surface area contributed by atoms with Gasteiger partial charge in [0.05, 0.1) is 11.5 Å². The number of benzene rings is 5. The van der Waals surface area contributed by atoms with Crippen LogP contribution in [0.2, 0.25) is 0 Å². The Morgan fingerprint density at radius 1 is 0.667 bits per heavy atom. The number of carbonyl (C=O) groups is 1. The number of ether oxygens (including phenoxy) is 4. The van der Waals surface area contributed by atoms with Crippen LogP contribution in [0.3, 0.4) is 0 Å². The summed E-state index contributed by atoms with van der Waals surface area (Å²) in [6.07, 6.45) is 5.61. The molecule has 265 valence electrons. The van der Waals surface area contributed by atoms with Crippen molar-refractivity contribution in [3.05, 3.63) is 109 Å². The molecule has 0 aromatic heterocycles. The minimum absolute atomic E-state index is 0. The first-order valence-corrected chi connectivity index (χ1v) is 17.9. The van der Waals surface area contributed by atoms with Gasteiger partial charge in [-0.25, -0.2) is 4.79 Å². The Bertz CT molecular complexity index is 1890. The Morgan fingerprint density at radius 3 is 1.76 bits per heavy atom. The molecule has 0 spiro atoms. The van der Waals surface area contributed by atoms with Gasteiger partial charge < -0.3 is 25.4 Å². The molecule has 0 amide bonds. The molecule has 0 unspecified atom stereocenters. The fraction of sp³-hybridized carbons (Fsp3) is 0.349. The predicted molar refractivity (Wildman–Crippen MR) is 191 cm³/mol. The van der Waals surface area contributed by atoms with Gasteiger partial charge in [0.2, 0.25) is 0 Å². The number of carbonyl (C=O) groups excluding carboxylic acids is 1. The molecule has 0 bridgehead atoms. The Kier molecular flexibility index (Phi) is 10.6. The van der Waals surface area contributed by atoms with Crippen LogP contribution in [-0.2, 0) is 25.2 Å². The maximum atomic E-state index is 15.3. The summed E-state index contributed by atoms with van der Waals surface area (Å²) in [6.45, 7) is 0.135. The molecule has 0 atom stereocenters. The molecule has 0 N–H and O–H groups in total. The molecule has 51 heavy (non-hydrogen) atoms. The molecule has 8 rings (SSSR count). The molecule has 8 heteroatoms. The maximum absolute atomic E-state index is 15.3. The van der Waals surface area contributed by atoms with Gasteiger partial charge >= 0.3 is 12.1 Å². The molecule has 2 fully saturated rings. The predicted octanol–water partition coefficient (Wildman–Crippen LogP) is 10.8. The summed E-state index contributed by atoms with van der Waals surface area (Å²) in [6, 6.07) is 30.0. The number of halogens is 2.